The molecule has 0 spiro atoms. The number of benzene rings is 1. The highest BCUT2D eigenvalue weighted by Gasteiger charge is 2.15. The van der Waals surface area contributed by atoms with Crippen molar-refractivity contribution >= 4 is 11.7 Å². The minimum Gasteiger partial charge on any atom is -0.339 e. The van der Waals surface area contributed by atoms with Crippen LogP contribution in [0.4, 0.5) is 0 Å². The van der Waals surface area contributed by atoms with E-state index in [1.165, 1.54) is 0 Å². The van der Waals surface area contributed by atoms with Gasteiger partial charge in [-0.2, -0.15) is 0 Å². The second kappa shape index (κ2) is 7.72. The number of carbonyl (C=O) groups is 2. The van der Waals surface area contributed by atoms with E-state index < -0.39 is 0 Å². The Labute approximate surface area is 115 Å². The molecule has 0 N–H and O–H groups in total. The summed E-state index contributed by atoms with van der Waals surface area (Å²) >= 11 is 0. The zero-order chi connectivity index (χ0) is 14.3. The number of hydrogen-bond acceptors (Lipinski definition) is 2. The molecule has 0 bridgehead atoms. The molecule has 104 valence electrons. The van der Waals surface area contributed by atoms with Crippen molar-refractivity contribution in [2.75, 3.05) is 13.1 Å². The van der Waals surface area contributed by atoms with Gasteiger partial charge in [0.05, 0.1) is 0 Å². The summed E-state index contributed by atoms with van der Waals surface area (Å²) in [6.45, 7) is 7.48. The quantitative estimate of drug-likeness (QED) is 0.704. The lowest BCUT2D eigenvalue weighted by Gasteiger charge is -2.21. The molecule has 1 amide bonds. The van der Waals surface area contributed by atoms with Crippen molar-refractivity contribution in [2.24, 2.45) is 0 Å². The summed E-state index contributed by atoms with van der Waals surface area (Å²) in [7, 11) is 0. The van der Waals surface area contributed by atoms with Gasteiger partial charge in [-0.25, -0.2) is 0 Å². The zero-order valence-electron chi connectivity index (χ0n) is 12.1. The number of Topliss-reactive ketones (excluding diaryl/α,β-unsaturated/α-hetero) is 1. The maximum atomic E-state index is 12.4. The Bertz CT molecular complexity index is 434. The van der Waals surface area contributed by atoms with Gasteiger partial charge < -0.3 is 4.90 Å². The molecule has 0 aliphatic rings. The van der Waals surface area contributed by atoms with E-state index in [9.17, 15) is 9.59 Å². The second-order valence-electron chi connectivity index (χ2n) is 4.65. The van der Waals surface area contributed by atoms with Crippen molar-refractivity contribution in [3.05, 3.63) is 35.4 Å². The van der Waals surface area contributed by atoms with E-state index in [4.69, 9.17) is 0 Å². The Hall–Kier alpha value is -1.64. The maximum absolute atomic E-state index is 12.4. The average Bonchev–Trinajstić information content (AvgIpc) is 2.45. The third kappa shape index (κ3) is 4.19. The maximum Gasteiger partial charge on any atom is 0.253 e. The molecule has 3 heteroatoms. The molecule has 1 aromatic carbocycles. The van der Waals surface area contributed by atoms with E-state index in [0.717, 1.165) is 25.9 Å². The number of rotatable bonds is 7. The Morgan fingerprint density at radius 1 is 1.00 bits per heavy atom. The van der Waals surface area contributed by atoms with Gasteiger partial charge in [0.15, 0.2) is 5.78 Å². The number of amides is 1. The zero-order valence-corrected chi connectivity index (χ0v) is 12.1. The molecule has 19 heavy (non-hydrogen) atoms. The van der Waals surface area contributed by atoms with E-state index in [-0.39, 0.29) is 11.7 Å². The van der Waals surface area contributed by atoms with Crippen LogP contribution >= 0.6 is 0 Å². The third-order valence-corrected chi connectivity index (χ3v) is 3.03. The number of carbonyl (C=O) groups excluding carboxylic acids is 2. The monoisotopic (exact) mass is 261 g/mol. The first-order chi connectivity index (χ1) is 9.13. The fraction of sp³-hybridized carbons (Fsp3) is 0.500. The fourth-order valence-corrected chi connectivity index (χ4v) is 2.07. The predicted octanol–water partition coefficient (Wildman–Crippen LogP) is 3.54. The van der Waals surface area contributed by atoms with Crippen molar-refractivity contribution in [3.63, 3.8) is 0 Å². The molecule has 0 aliphatic carbocycles. The Morgan fingerprint density at radius 2 is 1.58 bits per heavy atom. The van der Waals surface area contributed by atoms with Crippen molar-refractivity contribution < 1.29 is 9.59 Å². The summed E-state index contributed by atoms with van der Waals surface area (Å²) in [5.74, 6) is 0.0987. The van der Waals surface area contributed by atoms with Crippen molar-refractivity contribution in [2.45, 2.75) is 40.0 Å². The molecular weight excluding hydrogens is 238 g/mol. The first-order valence-electron chi connectivity index (χ1n) is 7.06. The van der Waals surface area contributed by atoms with Crippen LogP contribution in [0.25, 0.3) is 0 Å². The predicted molar refractivity (Wildman–Crippen MR) is 77.5 cm³/mol. The van der Waals surface area contributed by atoms with Crippen molar-refractivity contribution in [1.29, 1.82) is 0 Å². The Kier molecular flexibility index (Phi) is 6.26. The molecule has 0 atom stereocenters. The van der Waals surface area contributed by atoms with E-state index in [2.05, 4.69) is 13.8 Å². The summed E-state index contributed by atoms with van der Waals surface area (Å²) in [6.07, 6.45) is 2.35. The number of hydrogen-bond donors (Lipinski definition) is 0. The SMILES string of the molecule is CCCN(CCC)C(=O)c1cccc(C(=O)CC)c1. The molecule has 0 saturated carbocycles. The minimum atomic E-state index is 0.0226. The molecule has 0 unspecified atom stereocenters. The summed E-state index contributed by atoms with van der Waals surface area (Å²) < 4.78 is 0. The van der Waals surface area contributed by atoms with Crippen LogP contribution in [0, 0.1) is 0 Å². The van der Waals surface area contributed by atoms with Crippen LogP contribution in [-0.4, -0.2) is 29.7 Å². The summed E-state index contributed by atoms with van der Waals surface area (Å²) in [4.78, 5) is 25.9. The van der Waals surface area contributed by atoms with E-state index in [1.54, 1.807) is 24.3 Å². The lowest BCUT2D eigenvalue weighted by molar-refractivity contribution is 0.0755. The molecule has 0 radical (unpaired) electrons. The topological polar surface area (TPSA) is 37.4 Å². The van der Waals surface area contributed by atoms with Crippen LogP contribution in [0.3, 0.4) is 0 Å². The van der Waals surface area contributed by atoms with Crippen LogP contribution in [0.2, 0.25) is 0 Å². The normalized spacial score (nSPS) is 10.3. The molecule has 0 saturated heterocycles. The lowest BCUT2D eigenvalue weighted by Crippen LogP contribution is -2.32. The molecule has 0 fully saturated rings. The van der Waals surface area contributed by atoms with Gasteiger partial charge >= 0.3 is 0 Å². The van der Waals surface area contributed by atoms with Crippen LogP contribution in [-0.2, 0) is 0 Å². The highest BCUT2D eigenvalue weighted by atomic mass is 16.2. The molecule has 3 nitrogen and oxygen atoms in total. The van der Waals surface area contributed by atoms with Gasteiger partial charge in [-0.15, -0.1) is 0 Å². The van der Waals surface area contributed by atoms with Gasteiger partial charge in [0.2, 0.25) is 0 Å². The number of nitrogens with zero attached hydrogens (tertiary/aromatic N) is 1. The Morgan fingerprint density at radius 3 is 2.11 bits per heavy atom. The van der Waals surface area contributed by atoms with Crippen LogP contribution in [0.5, 0.6) is 0 Å². The molecule has 0 aliphatic heterocycles. The smallest absolute Gasteiger partial charge is 0.253 e. The molecule has 0 aromatic heterocycles. The van der Waals surface area contributed by atoms with Gasteiger partial charge in [0.1, 0.15) is 0 Å². The highest BCUT2D eigenvalue weighted by Crippen LogP contribution is 2.11. The first kappa shape index (κ1) is 15.4. The summed E-state index contributed by atoms with van der Waals surface area (Å²) in [6, 6.07) is 7.05. The van der Waals surface area contributed by atoms with E-state index in [0.29, 0.717) is 17.5 Å². The highest BCUT2D eigenvalue weighted by molar-refractivity contribution is 6.00. The molecule has 0 heterocycles. The standard InChI is InChI=1S/C16H23NO2/c1-4-10-17(11-5-2)16(19)14-9-7-8-13(12-14)15(18)6-3/h7-9,12H,4-6,10-11H2,1-3H3. The van der Waals surface area contributed by atoms with Gasteiger partial charge in [-0.1, -0.05) is 32.9 Å². The van der Waals surface area contributed by atoms with Gasteiger partial charge in [-0.05, 0) is 25.0 Å². The molecular formula is C16H23NO2. The third-order valence-electron chi connectivity index (χ3n) is 3.03. The van der Waals surface area contributed by atoms with E-state index >= 15 is 0 Å². The van der Waals surface area contributed by atoms with E-state index in [1.807, 2.05) is 11.8 Å². The van der Waals surface area contributed by atoms with Crippen molar-refractivity contribution in [1.82, 2.24) is 4.90 Å². The largest absolute Gasteiger partial charge is 0.339 e. The lowest BCUT2D eigenvalue weighted by atomic mass is 10.0. The van der Waals surface area contributed by atoms with Crippen LogP contribution < -0.4 is 0 Å². The van der Waals surface area contributed by atoms with Gasteiger partial charge in [0, 0.05) is 30.6 Å². The second-order valence-corrected chi connectivity index (χ2v) is 4.65. The van der Waals surface area contributed by atoms with Crippen molar-refractivity contribution in [3.8, 4) is 0 Å². The Balaban J connectivity index is 2.94. The molecule has 1 rings (SSSR count). The van der Waals surface area contributed by atoms with Crippen LogP contribution in [0.15, 0.2) is 24.3 Å². The minimum absolute atomic E-state index is 0.0226. The summed E-state index contributed by atoms with van der Waals surface area (Å²) in [5.41, 5.74) is 1.24. The van der Waals surface area contributed by atoms with Gasteiger partial charge in [-0.3, -0.25) is 9.59 Å². The number of ketones is 1. The van der Waals surface area contributed by atoms with Gasteiger partial charge in [0.25, 0.3) is 5.91 Å². The fourth-order valence-electron chi connectivity index (χ4n) is 2.07. The molecule has 1 aromatic rings. The average molecular weight is 261 g/mol. The first-order valence-corrected chi connectivity index (χ1v) is 7.06. The summed E-state index contributed by atoms with van der Waals surface area (Å²) in [5, 5.41) is 0. The van der Waals surface area contributed by atoms with Crippen LogP contribution in [0.1, 0.15) is 60.7 Å².